The molecule has 0 fully saturated rings. The minimum absolute atomic E-state index is 0.0874. The van der Waals surface area contributed by atoms with E-state index in [4.69, 9.17) is 16.7 Å². The fourth-order valence-electron chi connectivity index (χ4n) is 1.78. The molecule has 2 aromatic rings. The Balaban J connectivity index is 1.93. The Hall–Kier alpha value is -2.34. The maximum atomic E-state index is 12.0. The van der Waals surface area contributed by atoms with Gasteiger partial charge in [-0.1, -0.05) is 17.7 Å². The number of aryl methyl sites for hydroxylation is 1. The van der Waals surface area contributed by atoms with Gasteiger partial charge in [-0.2, -0.15) is 5.10 Å². The Morgan fingerprint density at radius 2 is 2.19 bits per heavy atom. The number of anilines is 1. The first kappa shape index (κ1) is 15.1. The van der Waals surface area contributed by atoms with E-state index in [0.717, 1.165) is 0 Å². The van der Waals surface area contributed by atoms with Crippen molar-refractivity contribution in [3.05, 3.63) is 47.2 Å². The topological polar surface area (TPSA) is 84.2 Å². The van der Waals surface area contributed by atoms with Crippen molar-refractivity contribution in [2.45, 2.75) is 19.4 Å². The predicted octanol–water partition coefficient (Wildman–Crippen LogP) is 2.65. The van der Waals surface area contributed by atoms with Gasteiger partial charge in [-0.15, -0.1) is 0 Å². The molecule has 21 heavy (non-hydrogen) atoms. The van der Waals surface area contributed by atoms with E-state index in [1.54, 1.807) is 35.1 Å². The van der Waals surface area contributed by atoms with Gasteiger partial charge in [0.15, 0.2) is 0 Å². The molecule has 7 heteroatoms. The monoisotopic (exact) mass is 307 g/mol. The lowest BCUT2D eigenvalue weighted by molar-refractivity contribution is -0.137. The summed E-state index contributed by atoms with van der Waals surface area (Å²) in [5.41, 5.74) is 1.01. The predicted molar refractivity (Wildman–Crippen MR) is 78.5 cm³/mol. The second-order valence-electron chi connectivity index (χ2n) is 4.45. The van der Waals surface area contributed by atoms with Crippen molar-refractivity contribution in [1.82, 2.24) is 9.78 Å². The van der Waals surface area contributed by atoms with Gasteiger partial charge in [0, 0.05) is 29.7 Å². The van der Waals surface area contributed by atoms with Crippen LogP contribution in [0, 0.1) is 0 Å². The molecule has 0 saturated carbocycles. The number of carbonyl (C=O) groups is 2. The summed E-state index contributed by atoms with van der Waals surface area (Å²) in [5.74, 6) is -1.11. The molecule has 0 bridgehead atoms. The number of benzene rings is 1. The highest BCUT2D eigenvalue weighted by Crippen LogP contribution is 2.13. The Morgan fingerprint density at radius 1 is 1.38 bits per heavy atom. The van der Waals surface area contributed by atoms with E-state index < -0.39 is 5.97 Å². The van der Waals surface area contributed by atoms with Crippen LogP contribution in [0.5, 0.6) is 0 Å². The molecule has 110 valence electrons. The summed E-state index contributed by atoms with van der Waals surface area (Å²) in [6.45, 7) is 0.485. The van der Waals surface area contributed by atoms with Gasteiger partial charge in [-0.3, -0.25) is 14.3 Å². The Morgan fingerprint density at radius 3 is 2.90 bits per heavy atom. The Bertz CT molecular complexity index is 654. The Labute approximate surface area is 126 Å². The largest absolute Gasteiger partial charge is 0.481 e. The van der Waals surface area contributed by atoms with Crippen LogP contribution in [0.4, 0.5) is 5.69 Å². The molecule has 1 aromatic heterocycles. The minimum atomic E-state index is -0.836. The van der Waals surface area contributed by atoms with E-state index in [0.29, 0.717) is 29.2 Å². The number of rotatable bonds is 6. The van der Waals surface area contributed by atoms with Crippen LogP contribution in [0.2, 0.25) is 5.02 Å². The zero-order valence-corrected chi connectivity index (χ0v) is 11.9. The molecule has 2 N–H and O–H groups in total. The Kier molecular flexibility index (Phi) is 4.94. The first-order valence-corrected chi connectivity index (χ1v) is 6.73. The number of nitrogens with zero attached hydrogens (tertiary/aromatic N) is 2. The second kappa shape index (κ2) is 6.90. The molecule has 0 aliphatic carbocycles. The average Bonchev–Trinajstić information content (AvgIpc) is 2.86. The number of carboxylic acids is 1. The number of hydrogen-bond donors (Lipinski definition) is 2. The fraction of sp³-hybridized carbons (Fsp3) is 0.214. The van der Waals surface area contributed by atoms with Crippen LogP contribution in [-0.4, -0.2) is 26.8 Å². The van der Waals surface area contributed by atoms with Gasteiger partial charge >= 0.3 is 5.97 Å². The number of aromatic nitrogens is 2. The molecule has 0 spiro atoms. The van der Waals surface area contributed by atoms with E-state index in [9.17, 15) is 9.59 Å². The summed E-state index contributed by atoms with van der Waals surface area (Å²) in [6, 6.07) is 6.64. The summed E-state index contributed by atoms with van der Waals surface area (Å²) in [4.78, 5) is 22.4. The molecule has 0 atom stereocenters. The standard InChI is InChI=1S/C14H14ClN3O3/c15-11-4-1-3-10(7-11)14(21)17-12-8-16-18(9-12)6-2-5-13(19)20/h1,3-4,7-9H,2,5-6H2,(H,17,21)(H,19,20). The highest BCUT2D eigenvalue weighted by Gasteiger charge is 2.08. The number of aliphatic carboxylic acids is 1. The van der Waals surface area contributed by atoms with E-state index in [-0.39, 0.29) is 12.3 Å². The SMILES string of the molecule is O=C(O)CCCn1cc(NC(=O)c2cccc(Cl)c2)cn1. The summed E-state index contributed by atoms with van der Waals surface area (Å²) in [7, 11) is 0. The number of amides is 1. The summed E-state index contributed by atoms with van der Waals surface area (Å²) in [6.07, 6.45) is 3.75. The van der Waals surface area contributed by atoms with Gasteiger partial charge in [0.25, 0.3) is 5.91 Å². The highest BCUT2D eigenvalue weighted by molar-refractivity contribution is 6.31. The maximum Gasteiger partial charge on any atom is 0.303 e. The molecule has 0 unspecified atom stereocenters. The average molecular weight is 308 g/mol. The van der Waals surface area contributed by atoms with Crippen LogP contribution in [0.3, 0.4) is 0 Å². The number of carbonyl (C=O) groups excluding carboxylic acids is 1. The van der Waals surface area contributed by atoms with E-state index in [2.05, 4.69) is 10.4 Å². The zero-order valence-electron chi connectivity index (χ0n) is 11.1. The molecule has 6 nitrogen and oxygen atoms in total. The summed E-state index contributed by atoms with van der Waals surface area (Å²) in [5, 5.41) is 15.8. The number of nitrogens with one attached hydrogen (secondary N) is 1. The normalized spacial score (nSPS) is 10.3. The smallest absolute Gasteiger partial charge is 0.303 e. The lowest BCUT2D eigenvalue weighted by atomic mass is 10.2. The molecule has 1 aromatic carbocycles. The molecule has 2 rings (SSSR count). The maximum absolute atomic E-state index is 12.0. The zero-order chi connectivity index (χ0) is 15.2. The third-order valence-electron chi connectivity index (χ3n) is 2.76. The van der Waals surface area contributed by atoms with Crippen molar-refractivity contribution in [2.75, 3.05) is 5.32 Å². The lowest BCUT2D eigenvalue weighted by Gasteiger charge is -2.02. The molecule has 0 aliphatic heterocycles. The van der Waals surface area contributed by atoms with Crippen LogP contribution >= 0.6 is 11.6 Å². The van der Waals surface area contributed by atoms with E-state index >= 15 is 0 Å². The van der Waals surface area contributed by atoms with Crippen molar-refractivity contribution in [3.63, 3.8) is 0 Å². The number of halogens is 1. The molecule has 1 amide bonds. The quantitative estimate of drug-likeness (QED) is 0.859. The first-order valence-electron chi connectivity index (χ1n) is 6.36. The molecule has 1 heterocycles. The molecule has 0 aliphatic rings. The summed E-state index contributed by atoms with van der Waals surface area (Å²) >= 11 is 5.83. The van der Waals surface area contributed by atoms with Crippen LogP contribution in [0.15, 0.2) is 36.7 Å². The van der Waals surface area contributed by atoms with Gasteiger partial charge in [0.05, 0.1) is 11.9 Å². The fourth-order valence-corrected chi connectivity index (χ4v) is 1.97. The van der Waals surface area contributed by atoms with Gasteiger partial charge in [0.1, 0.15) is 0 Å². The van der Waals surface area contributed by atoms with Crippen molar-refractivity contribution >= 4 is 29.2 Å². The summed E-state index contributed by atoms with van der Waals surface area (Å²) < 4.78 is 1.59. The van der Waals surface area contributed by atoms with Crippen LogP contribution in [-0.2, 0) is 11.3 Å². The number of hydrogen-bond acceptors (Lipinski definition) is 3. The third kappa shape index (κ3) is 4.61. The minimum Gasteiger partial charge on any atom is -0.481 e. The van der Waals surface area contributed by atoms with Crippen molar-refractivity contribution < 1.29 is 14.7 Å². The van der Waals surface area contributed by atoms with E-state index in [1.165, 1.54) is 6.20 Å². The van der Waals surface area contributed by atoms with Gasteiger partial charge in [-0.05, 0) is 24.6 Å². The van der Waals surface area contributed by atoms with Gasteiger partial charge in [-0.25, -0.2) is 0 Å². The van der Waals surface area contributed by atoms with Crippen LogP contribution in [0.1, 0.15) is 23.2 Å². The van der Waals surface area contributed by atoms with E-state index in [1.807, 2.05) is 0 Å². The van der Waals surface area contributed by atoms with Crippen molar-refractivity contribution in [2.24, 2.45) is 0 Å². The third-order valence-corrected chi connectivity index (χ3v) is 2.99. The van der Waals surface area contributed by atoms with Crippen LogP contribution in [0.25, 0.3) is 0 Å². The second-order valence-corrected chi connectivity index (χ2v) is 4.89. The molecular weight excluding hydrogens is 294 g/mol. The molecular formula is C14H14ClN3O3. The highest BCUT2D eigenvalue weighted by atomic mass is 35.5. The van der Waals surface area contributed by atoms with Gasteiger partial charge in [0.2, 0.25) is 0 Å². The molecule has 0 radical (unpaired) electrons. The van der Waals surface area contributed by atoms with Crippen LogP contribution < -0.4 is 5.32 Å². The van der Waals surface area contributed by atoms with Crippen molar-refractivity contribution in [3.8, 4) is 0 Å². The number of carboxylic acid groups (broad SMARTS) is 1. The van der Waals surface area contributed by atoms with Crippen molar-refractivity contribution in [1.29, 1.82) is 0 Å². The van der Waals surface area contributed by atoms with Gasteiger partial charge < -0.3 is 10.4 Å². The molecule has 0 saturated heterocycles. The lowest BCUT2D eigenvalue weighted by Crippen LogP contribution is -2.11. The first-order chi connectivity index (χ1) is 10.0.